The Bertz CT molecular complexity index is 1290. The van der Waals surface area contributed by atoms with Gasteiger partial charge >= 0.3 is 12.1 Å². The predicted molar refractivity (Wildman–Crippen MR) is 173 cm³/mol. The fraction of sp³-hybridized carbons (Fsp3) is 0.528. The monoisotopic (exact) mass is 606 g/mol. The third kappa shape index (κ3) is 9.18. The van der Waals surface area contributed by atoms with Crippen LogP contribution in [0.25, 0.3) is 0 Å². The van der Waals surface area contributed by atoms with E-state index in [1.165, 1.54) is 13.0 Å². The number of primary amides is 1. The number of amides is 2. The summed E-state index contributed by atoms with van der Waals surface area (Å²) in [6, 6.07) is -0.206. The first-order valence-electron chi connectivity index (χ1n) is 15.5. The zero-order chi connectivity index (χ0) is 32.6. The molecule has 3 aliphatic rings. The van der Waals surface area contributed by atoms with Gasteiger partial charge in [-0.05, 0) is 51.0 Å². The average Bonchev–Trinajstić information content (AvgIpc) is 2.93. The molecule has 0 radical (unpaired) electrons. The lowest BCUT2D eigenvalue weighted by atomic mass is 9.55. The summed E-state index contributed by atoms with van der Waals surface area (Å²) in [6.07, 6.45) is 21.8. The van der Waals surface area contributed by atoms with Gasteiger partial charge in [-0.1, -0.05) is 85.8 Å². The van der Waals surface area contributed by atoms with Gasteiger partial charge in [0.05, 0.1) is 6.10 Å². The normalized spacial score (nSPS) is 38.2. The summed E-state index contributed by atoms with van der Waals surface area (Å²) >= 11 is 0. The molecule has 9 atom stereocenters. The van der Waals surface area contributed by atoms with Gasteiger partial charge in [0.1, 0.15) is 12.2 Å². The van der Waals surface area contributed by atoms with E-state index in [0.717, 1.165) is 23.1 Å². The molecule has 0 unspecified atom stereocenters. The highest BCUT2D eigenvalue weighted by Crippen LogP contribution is 2.53. The number of allylic oxidation sites excluding steroid dienone is 9. The third-order valence-electron chi connectivity index (χ3n) is 9.08. The third-order valence-corrected chi connectivity index (χ3v) is 9.08. The van der Waals surface area contributed by atoms with E-state index in [1.54, 1.807) is 13.2 Å². The number of nitrogens with two attached hydrogens (primary N) is 1. The van der Waals surface area contributed by atoms with Crippen molar-refractivity contribution in [3.63, 3.8) is 0 Å². The summed E-state index contributed by atoms with van der Waals surface area (Å²) in [5.41, 5.74) is 8.05. The molecule has 0 bridgehead atoms. The molecule has 1 fully saturated rings. The Morgan fingerprint density at radius 1 is 1.11 bits per heavy atom. The zero-order valence-electron chi connectivity index (χ0n) is 27.4. The van der Waals surface area contributed by atoms with Gasteiger partial charge in [-0.25, -0.2) is 9.59 Å². The molecule has 2 amide bonds. The lowest BCUT2D eigenvalue weighted by molar-refractivity contribution is -0.142. The molecule has 0 aromatic heterocycles. The molecule has 0 spiro atoms. The SMILES string of the molecule is CO[C@@H]1C[C@H](OC(N)=O)[C@@H]2C=C[C@@H]3/C=C(C)/C=C\[C@@H](C)[C@H](/C(C)=C/[C@@H](C)NC(C)=O)OC(=O)/C=C/C=C(C)\C=C\[C@]3(C)[C@H]2C1. The molecule has 240 valence electrons. The van der Waals surface area contributed by atoms with Crippen molar-refractivity contribution >= 4 is 18.0 Å². The molecule has 8 nitrogen and oxygen atoms in total. The first-order valence-corrected chi connectivity index (χ1v) is 15.5. The lowest BCUT2D eigenvalue weighted by Gasteiger charge is -2.51. The van der Waals surface area contributed by atoms with Gasteiger partial charge in [-0.15, -0.1) is 0 Å². The van der Waals surface area contributed by atoms with Gasteiger partial charge < -0.3 is 25.3 Å². The minimum atomic E-state index is -0.772. The van der Waals surface area contributed by atoms with Crippen molar-refractivity contribution in [3.8, 4) is 0 Å². The summed E-state index contributed by atoms with van der Waals surface area (Å²) < 4.78 is 17.4. The smallest absolute Gasteiger partial charge is 0.404 e. The van der Waals surface area contributed by atoms with Crippen molar-refractivity contribution in [2.24, 2.45) is 34.8 Å². The maximum atomic E-state index is 12.9. The van der Waals surface area contributed by atoms with Gasteiger partial charge in [0.25, 0.3) is 0 Å². The number of ether oxygens (including phenoxy) is 3. The largest absolute Gasteiger partial charge is 0.454 e. The van der Waals surface area contributed by atoms with Crippen LogP contribution in [0.4, 0.5) is 4.79 Å². The van der Waals surface area contributed by atoms with Crippen LogP contribution in [0.3, 0.4) is 0 Å². The van der Waals surface area contributed by atoms with Crippen LogP contribution in [-0.4, -0.2) is 49.4 Å². The van der Waals surface area contributed by atoms with Crippen molar-refractivity contribution in [1.82, 2.24) is 5.32 Å². The molecule has 0 aromatic rings. The second kappa shape index (κ2) is 15.4. The molecular weight excluding hydrogens is 556 g/mol. The Morgan fingerprint density at radius 3 is 2.50 bits per heavy atom. The van der Waals surface area contributed by atoms with Crippen molar-refractivity contribution < 1.29 is 28.6 Å². The van der Waals surface area contributed by atoms with E-state index in [9.17, 15) is 14.4 Å². The fourth-order valence-electron chi connectivity index (χ4n) is 6.80. The first-order chi connectivity index (χ1) is 20.7. The van der Waals surface area contributed by atoms with Gasteiger partial charge in [0, 0.05) is 50.3 Å². The van der Waals surface area contributed by atoms with Gasteiger partial charge in [0.2, 0.25) is 5.91 Å². The molecule has 1 saturated carbocycles. The minimum absolute atomic E-state index is 0.00372. The van der Waals surface area contributed by atoms with E-state index in [2.05, 4.69) is 61.7 Å². The molecule has 3 rings (SSSR count). The lowest BCUT2D eigenvalue weighted by Crippen LogP contribution is -2.50. The van der Waals surface area contributed by atoms with Crippen molar-refractivity contribution in [3.05, 3.63) is 83.6 Å². The van der Waals surface area contributed by atoms with E-state index >= 15 is 0 Å². The maximum Gasteiger partial charge on any atom is 0.404 e. The van der Waals surface area contributed by atoms with E-state index in [0.29, 0.717) is 6.42 Å². The number of carbonyl (C=O) groups is 3. The van der Waals surface area contributed by atoms with Crippen molar-refractivity contribution in [1.29, 1.82) is 0 Å². The molecule has 8 heteroatoms. The molecule has 1 aliphatic heterocycles. The average molecular weight is 607 g/mol. The van der Waals surface area contributed by atoms with Crippen LogP contribution in [0.15, 0.2) is 83.6 Å². The van der Waals surface area contributed by atoms with Crippen LogP contribution in [-0.2, 0) is 23.8 Å². The van der Waals surface area contributed by atoms with E-state index in [1.807, 2.05) is 39.8 Å². The molecule has 1 heterocycles. The number of hydrogen-bond acceptors (Lipinski definition) is 6. The molecule has 44 heavy (non-hydrogen) atoms. The maximum absolute atomic E-state index is 12.9. The standard InChI is InChI=1S/C36H50N2O6/c1-22-10-9-11-33(40)44-34(25(4)19-26(5)38-27(6)39)24(3)13-12-23(2)18-28-14-15-30-31(36(28,7)17-16-22)20-29(42-8)21-32(30)43-35(37)41/h9-19,24,26,28-32,34H,20-21H2,1-8H3,(H2,37,41)(H,38,39)/b11-9+,13-12-,17-16+,22-10-,23-18+,25-19+/t24-,26-,28-,29+,30-,31+,32+,34-,36+/m1/s1. The summed E-state index contributed by atoms with van der Waals surface area (Å²) in [6.45, 7) is 13.6. The second-order valence-corrected chi connectivity index (χ2v) is 12.8. The molecule has 0 saturated heterocycles. The number of hydrogen-bond donors (Lipinski definition) is 2. The highest BCUT2D eigenvalue weighted by atomic mass is 16.6. The van der Waals surface area contributed by atoms with Crippen LogP contribution in [0.2, 0.25) is 0 Å². The van der Waals surface area contributed by atoms with Crippen LogP contribution >= 0.6 is 0 Å². The second-order valence-electron chi connectivity index (χ2n) is 12.8. The highest BCUT2D eigenvalue weighted by Gasteiger charge is 2.50. The van der Waals surface area contributed by atoms with Gasteiger partial charge in [0.15, 0.2) is 0 Å². The first kappa shape index (κ1) is 34.8. The Labute approximate surface area is 262 Å². The van der Waals surface area contributed by atoms with Gasteiger partial charge in [-0.3, -0.25) is 4.79 Å². The summed E-state index contributed by atoms with van der Waals surface area (Å²) in [5.74, 6) is -0.501. The van der Waals surface area contributed by atoms with Crippen molar-refractivity contribution in [2.45, 2.75) is 85.7 Å². The van der Waals surface area contributed by atoms with Gasteiger partial charge in [-0.2, -0.15) is 0 Å². The number of cyclic esters (lactones) is 1. The zero-order valence-corrected chi connectivity index (χ0v) is 27.4. The Morgan fingerprint density at radius 2 is 1.84 bits per heavy atom. The highest BCUT2D eigenvalue weighted by molar-refractivity contribution is 5.82. The van der Waals surface area contributed by atoms with E-state index in [4.69, 9.17) is 19.9 Å². The van der Waals surface area contributed by atoms with Crippen LogP contribution in [0, 0.1) is 29.1 Å². The Kier molecular flexibility index (Phi) is 12.2. The quantitative estimate of drug-likeness (QED) is 0.281. The molecule has 0 aromatic carbocycles. The van der Waals surface area contributed by atoms with Crippen LogP contribution in [0.1, 0.15) is 61.3 Å². The van der Waals surface area contributed by atoms with E-state index in [-0.39, 0.29) is 53.2 Å². The number of nitrogens with one attached hydrogen (secondary N) is 1. The summed E-state index contributed by atoms with van der Waals surface area (Å²) in [4.78, 5) is 36.2. The number of rotatable bonds is 5. The Balaban J connectivity index is 2.07. The summed E-state index contributed by atoms with van der Waals surface area (Å²) in [5, 5.41) is 2.86. The molecular formula is C36H50N2O6. The Hall–Kier alpha value is -3.65. The number of esters is 1. The molecule has 3 N–H and O–H groups in total. The van der Waals surface area contributed by atoms with Crippen molar-refractivity contribution in [2.75, 3.05) is 7.11 Å². The number of fused-ring (bicyclic) bond motifs is 3. The van der Waals surface area contributed by atoms with Crippen LogP contribution < -0.4 is 11.1 Å². The number of carbonyl (C=O) groups excluding carboxylic acids is 3. The fourth-order valence-corrected chi connectivity index (χ4v) is 6.80. The summed E-state index contributed by atoms with van der Waals surface area (Å²) in [7, 11) is 1.70. The van der Waals surface area contributed by atoms with Crippen LogP contribution in [0.5, 0.6) is 0 Å². The van der Waals surface area contributed by atoms with E-state index < -0.39 is 18.2 Å². The topological polar surface area (TPSA) is 117 Å². The minimum Gasteiger partial charge on any atom is -0.454 e. The molecule has 2 aliphatic carbocycles. The number of methoxy groups -OCH3 is 1. The predicted octanol–water partition coefficient (Wildman–Crippen LogP) is 6.28.